The summed E-state index contributed by atoms with van der Waals surface area (Å²) in [5, 5.41) is 3.36. The van der Waals surface area contributed by atoms with E-state index in [1.807, 2.05) is 32.9 Å². The highest BCUT2D eigenvalue weighted by atomic mass is 32.2. The summed E-state index contributed by atoms with van der Waals surface area (Å²) >= 11 is 0. The molecular formula is C15H23N3O2S. The van der Waals surface area contributed by atoms with Crippen LogP contribution in [0.4, 0.5) is 0 Å². The minimum Gasteiger partial charge on any atom is -0.469 e. The molecule has 2 atom stereocenters. The lowest BCUT2D eigenvalue weighted by molar-refractivity contribution is 0.0292. The van der Waals surface area contributed by atoms with Gasteiger partial charge in [0.25, 0.3) is 0 Å². The van der Waals surface area contributed by atoms with Crippen LogP contribution < -0.4 is 14.8 Å². The van der Waals surface area contributed by atoms with Crippen molar-refractivity contribution in [1.82, 2.24) is 15.0 Å². The maximum absolute atomic E-state index is 12.6. The molecule has 1 saturated heterocycles. The third kappa shape index (κ3) is 2.72. The Bertz CT molecular complexity index is 550. The van der Waals surface area contributed by atoms with E-state index < -0.39 is 11.0 Å². The Morgan fingerprint density at radius 1 is 1.43 bits per heavy atom. The number of pyridine rings is 1. The maximum atomic E-state index is 12.6. The summed E-state index contributed by atoms with van der Waals surface area (Å²) in [4.78, 5) is 4.35. The van der Waals surface area contributed by atoms with Crippen LogP contribution in [0.5, 0.6) is 5.88 Å². The molecule has 1 aromatic rings. The van der Waals surface area contributed by atoms with Crippen molar-refractivity contribution in [3.8, 4) is 5.88 Å². The average molecular weight is 309 g/mol. The van der Waals surface area contributed by atoms with Crippen LogP contribution in [0.3, 0.4) is 0 Å². The first kappa shape index (κ1) is 14.9. The molecule has 1 fully saturated rings. The van der Waals surface area contributed by atoms with Crippen LogP contribution in [-0.2, 0) is 11.0 Å². The topological polar surface area (TPSA) is 63.2 Å². The molecule has 0 bridgehead atoms. The number of nitrogens with zero attached hydrogens (tertiary/aromatic N) is 1. The number of hydrogen-bond acceptors (Lipinski definition) is 4. The van der Waals surface area contributed by atoms with E-state index in [1.165, 1.54) is 0 Å². The largest absolute Gasteiger partial charge is 0.469 e. The van der Waals surface area contributed by atoms with Crippen molar-refractivity contribution in [2.24, 2.45) is 0 Å². The van der Waals surface area contributed by atoms with E-state index in [-0.39, 0.29) is 16.4 Å². The Morgan fingerprint density at radius 2 is 2.14 bits per heavy atom. The highest BCUT2D eigenvalue weighted by Crippen LogP contribution is 2.46. The maximum Gasteiger partial charge on any atom is 0.218 e. The number of aromatic nitrogens is 1. The third-order valence-corrected chi connectivity index (χ3v) is 5.73. The van der Waals surface area contributed by atoms with Gasteiger partial charge in [-0.15, -0.1) is 0 Å². The lowest BCUT2D eigenvalue weighted by atomic mass is 9.84. The molecule has 6 heteroatoms. The number of hydrogen-bond donors (Lipinski definition) is 2. The third-order valence-electron chi connectivity index (χ3n) is 4.17. The van der Waals surface area contributed by atoms with Crippen LogP contribution in [0, 0.1) is 0 Å². The molecule has 2 N–H and O–H groups in total. The van der Waals surface area contributed by atoms with E-state index >= 15 is 0 Å². The zero-order chi connectivity index (χ0) is 15.1. The molecule has 116 valence electrons. The molecule has 2 aliphatic heterocycles. The summed E-state index contributed by atoms with van der Waals surface area (Å²) < 4.78 is 21.8. The number of nitrogens with one attached hydrogen (secondary N) is 2. The molecule has 0 amide bonds. The molecule has 21 heavy (non-hydrogen) atoms. The van der Waals surface area contributed by atoms with Crippen LogP contribution in [-0.4, -0.2) is 32.6 Å². The van der Waals surface area contributed by atoms with Gasteiger partial charge in [0.05, 0.1) is 21.8 Å². The highest BCUT2D eigenvalue weighted by molar-refractivity contribution is 7.84. The Labute approximate surface area is 128 Å². The standard InChI is InChI=1S/C15H23N3O2S/c1-14(2,3)21(19)18-12-11-5-4-8-17-13(11)20-15(12)6-9-16-10-7-15/h4-5,8,12,16,18H,6-7,9-10H2,1-3H3/t12?,21-/m1/s1. The van der Waals surface area contributed by atoms with Crippen molar-refractivity contribution in [1.29, 1.82) is 0 Å². The molecule has 0 radical (unpaired) electrons. The molecule has 3 heterocycles. The quantitative estimate of drug-likeness (QED) is 0.872. The second-order valence-corrected chi connectivity index (χ2v) is 8.74. The van der Waals surface area contributed by atoms with E-state index in [2.05, 4.69) is 15.0 Å². The number of fused-ring (bicyclic) bond motifs is 1. The molecule has 0 aliphatic carbocycles. The summed E-state index contributed by atoms with van der Waals surface area (Å²) in [7, 11) is -1.14. The first-order valence-corrected chi connectivity index (χ1v) is 8.60. The van der Waals surface area contributed by atoms with Crippen LogP contribution in [0.2, 0.25) is 0 Å². The molecule has 0 aromatic carbocycles. The first-order valence-electron chi connectivity index (χ1n) is 7.45. The summed E-state index contributed by atoms with van der Waals surface area (Å²) in [5.41, 5.74) is 0.694. The highest BCUT2D eigenvalue weighted by Gasteiger charge is 2.50. The van der Waals surface area contributed by atoms with Gasteiger partial charge in [-0.05, 0) is 39.9 Å². The monoisotopic (exact) mass is 309 g/mol. The fourth-order valence-corrected chi connectivity index (χ4v) is 3.85. The number of rotatable bonds is 2. The SMILES string of the molecule is CC(C)(C)[S@@](=O)NC1c2cccnc2OC12CCNCC2. The predicted octanol–water partition coefficient (Wildman–Crippen LogP) is 1.69. The van der Waals surface area contributed by atoms with E-state index in [9.17, 15) is 4.21 Å². The van der Waals surface area contributed by atoms with Crippen LogP contribution in [0.1, 0.15) is 45.2 Å². The van der Waals surface area contributed by atoms with Gasteiger partial charge in [0, 0.05) is 24.6 Å². The van der Waals surface area contributed by atoms with Crippen molar-refractivity contribution in [2.75, 3.05) is 13.1 Å². The fraction of sp³-hybridized carbons (Fsp3) is 0.667. The van der Waals surface area contributed by atoms with Gasteiger partial charge in [-0.2, -0.15) is 0 Å². The Balaban J connectivity index is 1.94. The normalized spacial score (nSPS) is 25.4. The molecule has 5 nitrogen and oxygen atoms in total. The molecular weight excluding hydrogens is 286 g/mol. The Hall–Kier alpha value is -0.980. The Morgan fingerprint density at radius 3 is 2.81 bits per heavy atom. The van der Waals surface area contributed by atoms with Crippen LogP contribution >= 0.6 is 0 Å². The van der Waals surface area contributed by atoms with Crippen molar-refractivity contribution in [3.63, 3.8) is 0 Å². The zero-order valence-electron chi connectivity index (χ0n) is 12.8. The lowest BCUT2D eigenvalue weighted by Gasteiger charge is -2.38. The molecule has 1 unspecified atom stereocenters. The fourth-order valence-electron chi connectivity index (χ4n) is 2.94. The van der Waals surface area contributed by atoms with Gasteiger partial charge < -0.3 is 10.1 Å². The summed E-state index contributed by atoms with van der Waals surface area (Å²) in [5.74, 6) is 0.683. The molecule has 3 rings (SSSR count). The second kappa shape index (κ2) is 5.34. The molecule has 2 aliphatic rings. The van der Waals surface area contributed by atoms with Crippen molar-refractivity contribution in [2.45, 2.75) is 50.0 Å². The average Bonchev–Trinajstić information content (AvgIpc) is 2.72. The van der Waals surface area contributed by atoms with Crippen molar-refractivity contribution in [3.05, 3.63) is 23.9 Å². The van der Waals surface area contributed by atoms with E-state index in [0.29, 0.717) is 5.88 Å². The van der Waals surface area contributed by atoms with Gasteiger partial charge in [0.1, 0.15) is 5.60 Å². The van der Waals surface area contributed by atoms with Gasteiger partial charge in [-0.1, -0.05) is 6.07 Å². The summed E-state index contributed by atoms with van der Waals surface area (Å²) in [6, 6.07) is 3.87. The predicted molar refractivity (Wildman–Crippen MR) is 83.5 cm³/mol. The number of piperidine rings is 1. The van der Waals surface area contributed by atoms with Gasteiger partial charge in [0.15, 0.2) is 0 Å². The smallest absolute Gasteiger partial charge is 0.218 e. The second-order valence-electron chi connectivity index (χ2n) is 6.75. The van der Waals surface area contributed by atoms with Crippen molar-refractivity contribution < 1.29 is 8.95 Å². The van der Waals surface area contributed by atoms with Crippen LogP contribution in [0.15, 0.2) is 18.3 Å². The molecule has 0 saturated carbocycles. The molecule has 1 spiro atoms. The summed E-state index contributed by atoms with van der Waals surface area (Å²) in [6.45, 7) is 7.75. The van der Waals surface area contributed by atoms with Gasteiger partial charge in [-0.25, -0.2) is 13.9 Å². The summed E-state index contributed by atoms with van der Waals surface area (Å²) in [6.07, 6.45) is 3.53. The Kier molecular flexibility index (Phi) is 3.80. The lowest BCUT2D eigenvalue weighted by Crippen LogP contribution is -2.53. The minimum absolute atomic E-state index is 0.0663. The zero-order valence-corrected chi connectivity index (χ0v) is 13.6. The van der Waals surface area contributed by atoms with Gasteiger partial charge in [0.2, 0.25) is 5.88 Å². The first-order chi connectivity index (χ1) is 9.92. The van der Waals surface area contributed by atoms with Crippen molar-refractivity contribution >= 4 is 11.0 Å². The minimum atomic E-state index is -1.14. The molecule has 1 aromatic heterocycles. The number of ether oxygens (including phenoxy) is 1. The van der Waals surface area contributed by atoms with E-state index in [4.69, 9.17) is 4.74 Å². The van der Waals surface area contributed by atoms with Gasteiger partial charge in [-0.3, -0.25) is 0 Å². The van der Waals surface area contributed by atoms with Gasteiger partial charge >= 0.3 is 0 Å². The van der Waals surface area contributed by atoms with E-state index in [1.54, 1.807) is 6.20 Å². The van der Waals surface area contributed by atoms with E-state index in [0.717, 1.165) is 31.5 Å². The van der Waals surface area contributed by atoms with Crippen LogP contribution in [0.25, 0.3) is 0 Å².